The van der Waals surface area contributed by atoms with Gasteiger partial charge in [0.05, 0.1) is 19.3 Å². The van der Waals surface area contributed by atoms with Gasteiger partial charge in [0.1, 0.15) is 24.2 Å². The highest BCUT2D eigenvalue weighted by molar-refractivity contribution is 7.17. The molecule has 0 bridgehead atoms. The Morgan fingerprint density at radius 2 is 1.70 bits per heavy atom. The summed E-state index contributed by atoms with van der Waals surface area (Å²) in [5, 5.41) is 32.4. The summed E-state index contributed by atoms with van der Waals surface area (Å²) in [7, 11) is 0. The van der Waals surface area contributed by atoms with Gasteiger partial charge in [-0.05, 0) is 83.8 Å². The van der Waals surface area contributed by atoms with Crippen LogP contribution in [0.3, 0.4) is 0 Å². The van der Waals surface area contributed by atoms with Crippen molar-refractivity contribution >= 4 is 21.4 Å². The van der Waals surface area contributed by atoms with E-state index in [0.29, 0.717) is 19.4 Å². The molecule has 1 aromatic heterocycles. The Labute approximate surface area is 238 Å². The van der Waals surface area contributed by atoms with Gasteiger partial charge in [0.25, 0.3) is 0 Å². The van der Waals surface area contributed by atoms with E-state index in [2.05, 4.69) is 48.7 Å². The summed E-state index contributed by atoms with van der Waals surface area (Å²) in [6.07, 6.45) is 1.61. The molecular weight excluding hydrogens is 524 g/mol. The minimum absolute atomic E-state index is 0.221. The van der Waals surface area contributed by atoms with Crippen molar-refractivity contribution in [2.24, 2.45) is 0 Å². The van der Waals surface area contributed by atoms with E-state index in [4.69, 9.17) is 14.2 Å². The maximum absolute atomic E-state index is 9.87. The fraction of sp³-hybridized carbons (Fsp3) is 0.394. The number of aryl methyl sites for hydroxylation is 1. The van der Waals surface area contributed by atoms with Gasteiger partial charge in [-0.25, -0.2) is 0 Å². The Kier molecular flexibility index (Phi) is 7.84. The molecule has 3 N–H and O–H groups in total. The van der Waals surface area contributed by atoms with Crippen molar-refractivity contribution in [3.05, 3.63) is 82.7 Å². The molecule has 2 heterocycles. The first-order chi connectivity index (χ1) is 19.4. The molecule has 6 rings (SSSR count). The second kappa shape index (κ2) is 11.5. The summed E-state index contributed by atoms with van der Waals surface area (Å²) in [5.41, 5.74) is 5.33. The zero-order chi connectivity index (χ0) is 27.7. The highest BCUT2D eigenvalue weighted by atomic mass is 32.1. The monoisotopic (exact) mass is 560 g/mol. The molecule has 6 nitrogen and oxygen atoms in total. The van der Waals surface area contributed by atoms with Gasteiger partial charge in [0.2, 0.25) is 0 Å². The van der Waals surface area contributed by atoms with Gasteiger partial charge in [-0.1, -0.05) is 24.3 Å². The number of ether oxygens (including phenoxy) is 3. The van der Waals surface area contributed by atoms with Crippen LogP contribution in [0.25, 0.3) is 21.2 Å². The largest absolute Gasteiger partial charge is 0.490 e. The number of benzene rings is 3. The van der Waals surface area contributed by atoms with Crippen molar-refractivity contribution < 1.29 is 29.5 Å². The van der Waals surface area contributed by atoms with Crippen LogP contribution in [0.1, 0.15) is 48.8 Å². The van der Waals surface area contributed by atoms with Crippen molar-refractivity contribution in [1.82, 2.24) is 0 Å². The Morgan fingerprint density at radius 1 is 0.950 bits per heavy atom. The third-order valence-corrected chi connectivity index (χ3v) is 9.26. The fourth-order valence-corrected chi connectivity index (χ4v) is 7.10. The smallest absolute Gasteiger partial charge is 0.152 e. The van der Waals surface area contributed by atoms with Crippen LogP contribution in [0.5, 0.6) is 11.5 Å². The molecule has 0 unspecified atom stereocenters. The van der Waals surface area contributed by atoms with Crippen LogP contribution in [0.4, 0.5) is 0 Å². The van der Waals surface area contributed by atoms with Gasteiger partial charge in [-0.15, -0.1) is 11.3 Å². The summed E-state index contributed by atoms with van der Waals surface area (Å²) in [6.45, 7) is 4.12. The molecule has 210 valence electrons. The van der Waals surface area contributed by atoms with Crippen LogP contribution >= 0.6 is 11.3 Å². The molecule has 2 aliphatic rings. The number of aliphatic hydroxyl groups is 3. The lowest BCUT2D eigenvalue weighted by Gasteiger charge is -2.46. The maximum Gasteiger partial charge on any atom is 0.152 e. The van der Waals surface area contributed by atoms with E-state index in [1.807, 2.05) is 24.3 Å². The SMILES string of the molecule is Cc1cc(OC2CCOCC2)ccc1-c1csc2ccc(COc3ccc(C4(CC(O)O)CC(O)C4)cc3)cc12. The number of hydrogen-bond acceptors (Lipinski definition) is 7. The minimum atomic E-state index is -1.40. The van der Waals surface area contributed by atoms with E-state index in [0.717, 1.165) is 48.7 Å². The number of hydrogen-bond donors (Lipinski definition) is 3. The van der Waals surface area contributed by atoms with Gasteiger partial charge in [-0.2, -0.15) is 0 Å². The molecule has 1 aliphatic carbocycles. The predicted molar refractivity (Wildman–Crippen MR) is 157 cm³/mol. The molecule has 1 aliphatic heterocycles. The minimum Gasteiger partial charge on any atom is -0.490 e. The third kappa shape index (κ3) is 5.76. The van der Waals surface area contributed by atoms with Crippen molar-refractivity contribution in [2.75, 3.05) is 13.2 Å². The van der Waals surface area contributed by atoms with E-state index in [9.17, 15) is 15.3 Å². The Morgan fingerprint density at radius 3 is 2.40 bits per heavy atom. The van der Waals surface area contributed by atoms with Crippen LogP contribution in [0.15, 0.2) is 66.0 Å². The summed E-state index contributed by atoms with van der Waals surface area (Å²) in [6, 6.07) is 20.7. The highest BCUT2D eigenvalue weighted by Crippen LogP contribution is 2.47. The van der Waals surface area contributed by atoms with Gasteiger partial charge >= 0.3 is 0 Å². The second-order valence-electron chi connectivity index (χ2n) is 11.2. The average molecular weight is 561 g/mol. The van der Waals surface area contributed by atoms with E-state index < -0.39 is 12.4 Å². The number of fused-ring (bicyclic) bond motifs is 1. The normalized spacial score (nSPS) is 21.5. The first kappa shape index (κ1) is 27.2. The van der Waals surface area contributed by atoms with E-state index in [1.54, 1.807) is 11.3 Å². The maximum atomic E-state index is 9.87. The summed E-state index contributed by atoms with van der Waals surface area (Å²) >= 11 is 1.75. The lowest BCUT2D eigenvalue weighted by molar-refractivity contribution is -0.0907. The Bertz CT molecular complexity index is 1450. The van der Waals surface area contributed by atoms with Gasteiger partial charge in [-0.3, -0.25) is 0 Å². The first-order valence-corrected chi connectivity index (χ1v) is 14.9. The first-order valence-electron chi connectivity index (χ1n) is 14.0. The molecule has 1 saturated carbocycles. The van der Waals surface area contributed by atoms with Crippen molar-refractivity contribution in [1.29, 1.82) is 0 Å². The van der Waals surface area contributed by atoms with Crippen molar-refractivity contribution in [3.63, 3.8) is 0 Å². The lowest BCUT2D eigenvalue weighted by Crippen LogP contribution is -2.46. The van der Waals surface area contributed by atoms with E-state index in [-0.39, 0.29) is 17.9 Å². The highest BCUT2D eigenvalue weighted by Gasteiger charge is 2.45. The topological polar surface area (TPSA) is 88.4 Å². The molecule has 0 atom stereocenters. The van der Waals surface area contributed by atoms with Crippen LogP contribution in [0, 0.1) is 6.92 Å². The predicted octanol–water partition coefficient (Wildman–Crippen LogP) is 6.11. The summed E-state index contributed by atoms with van der Waals surface area (Å²) in [4.78, 5) is 0. The van der Waals surface area contributed by atoms with Gasteiger partial charge in [0.15, 0.2) is 6.29 Å². The van der Waals surface area contributed by atoms with Crippen molar-refractivity contribution in [2.45, 2.75) is 69.5 Å². The molecule has 0 radical (unpaired) electrons. The van der Waals surface area contributed by atoms with Crippen LogP contribution in [0.2, 0.25) is 0 Å². The summed E-state index contributed by atoms with van der Waals surface area (Å²) < 4.78 is 19.0. The van der Waals surface area contributed by atoms with Gasteiger partial charge < -0.3 is 29.5 Å². The van der Waals surface area contributed by atoms with E-state index in [1.165, 1.54) is 26.8 Å². The third-order valence-electron chi connectivity index (χ3n) is 8.30. The Balaban J connectivity index is 1.15. The van der Waals surface area contributed by atoms with Crippen LogP contribution in [-0.4, -0.2) is 47.0 Å². The molecule has 7 heteroatoms. The zero-order valence-electron chi connectivity index (χ0n) is 22.7. The summed E-state index contributed by atoms with van der Waals surface area (Å²) in [5.74, 6) is 1.67. The van der Waals surface area contributed by atoms with E-state index >= 15 is 0 Å². The van der Waals surface area contributed by atoms with Crippen LogP contribution < -0.4 is 9.47 Å². The standard InChI is InChI=1S/C33H36O6S/c1-21-14-27(39-26-10-12-37-13-11-26)7-8-28(21)30-20-40-31-9-2-22(15-29(30)31)19-38-25-5-3-23(4-6-25)33(18-32(35)36)16-24(34)17-33/h2-9,14-15,20,24,26,32,34-36H,10-13,16-19H2,1H3. The zero-order valence-corrected chi connectivity index (χ0v) is 23.5. The van der Waals surface area contributed by atoms with Gasteiger partial charge in [0, 0.05) is 40.3 Å². The number of aliphatic hydroxyl groups excluding tert-OH is 2. The average Bonchev–Trinajstić information content (AvgIpc) is 3.34. The molecular formula is C33H36O6S. The molecule has 0 spiro atoms. The fourth-order valence-electron chi connectivity index (χ4n) is 6.16. The van der Waals surface area contributed by atoms with Crippen LogP contribution in [-0.2, 0) is 16.8 Å². The molecule has 1 saturated heterocycles. The lowest BCUT2D eigenvalue weighted by atomic mass is 9.61. The molecule has 3 aromatic carbocycles. The molecule has 2 fully saturated rings. The molecule has 0 amide bonds. The molecule has 40 heavy (non-hydrogen) atoms. The quantitative estimate of drug-likeness (QED) is 0.214. The number of thiophene rings is 1. The van der Waals surface area contributed by atoms with Crippen molar-refractivity contribution in [3.8, 4) is 22.6 Å². The molecule has 4 aromatic rings. The second-order valence-corrected chi connectivity index (χ2v) is 12.1. The number of rotatable bonds is 9. The Hall–Kier alpha value is -2.94.